The van der Waals surface area contributed by atoms with Crippen LogP contribution in [0.2, 0.25) is 0 Å². The van der Waals surface area contributed by atoms with Crippen molar-refractivity contribution < 1.29 is 31.1 Å². The summed E-state index contributed by atoms with van der Waals surface area (Å²) in [7, 11) is 0. The van der Waals surface area contributed by atoms with Gasteiger partial charge in [-0.25, -0.2) is 13.2 Å². The monoisotopic (exact) mass is 567 g/mol. The largest absolute Gasteiger partial charge is 0.404 e. The van der Waals surface area contributed by atoms with E-state index < -0.39 is 47.1 Å². The van der Waals surface area contributed by atoms with Crippen LogP contribution in [0.15, 0.2) is 85.2 Å². The first-order chi connectivity index (χ1) is 19.5. The number of pyridine rings is 1. The molecule has 41 heavy (non-hydrogen) atoms. The molecule has 0 unspecified atom stereocenters. The molecule has 0 aliphatic rings. The molecule has 0 aliphatic carbocycles. The van der Waals surface area contributed by atoms with Gasteiger partial charge in [0.05, 0.1) is 11.7 Å². The fourth-order valence-corrected chi connectivity index (χ4v) is 4.93. The Kier molecular flexibility index (Phi) is 7.57. The van der Waals surface area contributed by atoms with Crippen molar-refractivity contribution in [3.05, 3.63) is 125 Å². The summed E-state index contributed by atoms with van der Waals surface area (Å²) in [5.41, 5.74) is 2.26. The van der Waals surface area contributed by atoms with Gasteiger partial charge in [-0.05, 0) is 66.4 Å². The molecule has 2 heterocycles. The highest BCUT2D eigenvalue weighted by atomic mass is 19.4. The van der Waals surface area contributed by atoms with Crippen molar-refractivity contribution in [3.63, 3.8) is 0 Å². The fraction of sp³-hybridized carbons (Fsp3) is 0.161. The molecule has 210 valence electrons. The number of benzene rings is 3. The van der Waals surface area contributed by atoms with Crippen LogP contribution >= 0.6 is 0 Å². The molecular formula is C31H23F6N3O. The number of aromatic nitrogens is 2. The number of carbonyl (C=O) groups is 1. The van der Waals surface area contributed by atoms with Gasteiger partial charge in [-0.2, -0.15) is 13.2 Å². The highest BCUT2D eigenvalue weighted by molar-refractivity contribution is 5.93. The first-order valence-corrected chi connectivity index (χ1v) is 12.6. The van der Waals surface area contributed by atoms with Crippen LogP contribution in [0.4, 0.5) is 26.3 Å². The van der Waals surface area contributed by atoms with Crippen molar-refractivity contribution in [2.45, 2.75) is 31.5 Å². The molecule has 4 nitrogen and oxygen atoms in total. The van der Waals surface area contributed by atoms with E-state index in [1.54, 1.807) is 24.3 Å². The SMILES string of the molecule is Cc1ccc(-c2cccnc2[C@H](Cc2cc(F)cc(F)c2)NC(=O)[C@H](c2c[nH]c3ccc(F)cc23)C(F)(F)F)cc1. The van der Waals surface area contributed by atoms with Crippen molar-refractivity contribution in [1.29, 1.82) is 0 Å². The van der Waals surface area contributed by atoms with Crippen LogP contribution in [-0.4, -0.2) is 22.1 Å². The van der Waals surface area contributed by atoms with Crippen LogP contribution in [0.5, 0.6) is 0 Å². The Balaban J connectivity index is 1.60. The predicted molar refractivity (Wildman–Crippen MR) is 142 cm³/mol. The lowest BCUT2D eigenvalue weighted by molar-refractivity contribution is -0.165. The lowest BCUT2D eigenvalue weighted by Crippen LogP contribution is -2.40. The van der Waals surface area contributed by atoms with Crippen molar-refractivity contribution in [2.75, 3.05) is 0 Å². The van der Waals surface area contributed by atoms with Gasteiger partial charge < -0.3 is 10.3 Å². The topological polar surface area (TPSA) is 57.8 Å². The molecule has 0 spiro atoms. The minimum absolute atomic E-state index is 0.0931. The second kappa shape index (κ2) is 11.1. The quantitative estimate of drug-likeness (QED) is 0.198. The molecule has 1 amide bonds. The Labute approximate surface area is 231 Å². The Morgan fingerprint density at radius 3 is 2.32 bits per heavy atom. The molecule has 10 heteroatoms. The number of amides is 1. The maximum Gasteiger partial charge on any atom is 0.404 e. The zero-order valence-corrected chi connectivity index (χ0v) is 21.6. The molecule has 0 bridgehead atoms. The molecule has 2 N–H and O–H groups in total. The smallest absolute Gasteiger partial charge is 0.361 e. The summed E-state index contributed by atoms with van der Waals surface area (Å²) in [4.78, 5) is 20.5. The maximum atomic E-state index is 14.4. The van der Waals surface area contributed by atoms with E-state index in [1.165, 1.54) is 12.3 Å². The number of nitrogens with one attached hydrogen (secondary N) is 2. The molecule has 2 aromatic heterocycles. The normalized spacial score (nSPS) is 13.2. The lowest BCUT2D eigenvalue weighted by atomic mass is 9.93. The number of carbonyl (C=O) groups excluding carboxylic acids is 1. The summed E-state index contributed by atoms with van der Waals surface area (Å²) in [5.74, 6) is -6.61. The van der Waals surface area contributed by atoms with Gasteiger partial charge in [0.15, 0.2) is 5.92 Å². The van der Waals surface area contributed by atoms with Crippen molar-refractivity contribution >= 4 is 16.8 Å². The van der Waals surface area contributed by atoms with Crippen LogP contribution < -0.4 is 5.32 Å². The van der Waals surface area contributed by atoms with E-state index >= 15 is 0 Å². The molecule has 0 radical (unpaired) electrons. The molecule has 0 saturated carbocycles. The first kappa shape index (κ1) is 27.9. The molecule has 0 fully saturated rings. The highest BCUT2D eigenvalue weighted by Gasteiger charge is 2.47. The third kappa shape index (κ3) is 6.11. The van der Waals surface area contributed by atoms with E-state index in [0.717, 1.165) is 36.0 Å². The zero-order chi connectivity index (χ0) is 29.3. The van der Waals surface area contributed by atoms with Gasteiger partial charge in [0.1, 0.15) is 17.5 Å². The van der Waals surface area contributed by atoms with Gasteiger partial charge in [-0.1, -0.05) is 35.9 Å². The Bertz CT molecular complexity index is 1690. The summed E-state index contributed by atoms with van der Waals surface area (Å²) in [6.07, 6.45) is -2.87. The van der Waals surface area contributed by atoms with E-state index in [9.17, 15) is 31.1 Å². The van der Waals surface area contributed by atoms with Gasteiger partial charge in [0, 0.05) is 34.9 Å². The second-order valence-corrected chi connectivity index (χ2v) is 9.75. The van der Waals surface area contributed by atoms with Crippen molar-refractivity contribution in [1.82, 2.24) is 15.3 Å². The van der Waals surface area contributed by atoms with E-state index in [1.807, 2.05) is 19.1 Å². The van der Waals surface area contributed by atoms with Crippen molar-refractivity contribution in [2.24, 2.45) is 0 Å². The average molecular weight is 568 g/mol. The predicted octanol–water partition coefficient (Wildman–Crippen LogP) is 7.70. The number of alkyl halides is 3. The van der Waals surface area contributed by atoms with Crippen LogP contribution in [0.25, 0.3) is 22.0 Å². The maximum absolute atomic E-state index is 14.4. The average Bonchev–Trinajstić information content (AvgIpc) is 3.30. The number of aromatic amines is 1. The molecule has 2 atom stereocenters. The third-order valence-corrected chi connectivity index (χ3v) is 6.79. The van der Waals surface area contributed by atoms with E-state index in [0.29, 0.717) is 17.2 Å². The summed E-state index contributed by atoms with van der Waals surface area (Å²) >= 11 is 0. The number of halogens is 6. The third-order valence-electron chi connectivity index (χ3n) is 6.79. The summed E-state index contributed by atoms with van der Waals surface area (Å²) in [6, 6.07) is 15.5. The Hall–Kier alpha value is -4.60. The number of hydrogen-bond acceptors (Lipinski definition) is 2. The second-order valence-electron chi connectivity index (χ2n) is 9.75. The fourth-order valence-electron chi connectivity index (χ4n) is 4.93. The van der Waals surface area contributed by atoms with Gasteiger partial charge >= 0.3 is 6.18 Å². The highest BCUT2D eigenvalue weighted by Crippen LogP contribution is 2.40. The minimum atomic E-state index is -5.05. The van der Waals surface area contributed by atoms with Crippen LogP contribution in [0.1, 0.15) is 34.3 Å². The van der Waals surface area contributed by atoms with E-state index in [2.05, 4.69) is 15.3 Å². The Morgan fingerprint density at radius 1 is 0.927 bits per heavy atom. The number of aryl methyl sites for hydroxylation is 1. The molecule has 0 aliphatic heterocycles. The summed E-state index contributed by atoms with van der Waals surface area (Å²) < 4.78 is 85.4. The number of rotatable bonds is 7. The van der Waals surface area contributed by atoms with Gasteiger partial charge in [-0.3, -0.25) is 9.78 Å². The number of nitrogens with zero attached hydrogens (tertiary/aromatic N) is 1. The summed E-state index contributed by atoms with van der Waals surface area (Å²) in [6.45, 7) is 1.89. The molecule has 5 aromatic rings. The molecular weight excluding hydrogens is 544 g/mol. The lowest BCUT2D eigenvalue weighted by Gasteiger charge is -2.25. The standard InChI is InChI=1S/C31H23F6N3O/c1-17-4-6-19(7-5-17)23-3-2-10-38-29(23)27(13-18-11-21(33)14-22(34)12-18)40-30(41)28(31(35,36)37)25-16-39-26-9-8-20(32)15-24(25)26/h2-12,14-16,27-28,39H,13H2,1H3,(H,40,41)/t27-,28-/m0/s1. The number of hydrogen-bond donors (Lipinski definition) is 2. The minimum Gasteiger partial charge on any atom is -0.361 e. The first-order valence-electron chi connectivity index (χ1n) is 12.6. The van der Waals surface area contributed by atoms with Crippen LogP contribution in [0, 0.1) is 24.4 Å². The summed E-state index contributed by atoms with van der Waals surface area (Å²) in [5, 5.41) is 2.35. The van der Waals surface area contributed by atoms with Gasteiger partial charge in [-0.15, -0.1) is 0 Å². The number of fused-ring (bicyclic) bond motifs is 1. The zero-order valence-electron chi connectivity index (χ0n) is 21.6. The molecule has 3 aromatic carbocycles. The van der Waals surface area contributed by atoms with Crippen LogP contribution in [0.3, 0.4) is 0 Å². The van der Waals surface area contributed by atoms with Gasteiger partial charge in [0.25, 0.3) is 0 Å². The number of H-pyrrole nitrogens is 1. The molecule has 5 rings (SSSR count). The molecule has 0 saturated heterocycles. The van der Waals surface area contributed by atoms with E-state index in [4.69, 9.17) is 0 Å². The van der Waals surface area contributed by atoms with Crippen molar-refractivity contribution in [3.8, 4) is 11.1 Å². The Morgan fingerprint density at radius 2 is 1.63 bits per heavy atom. The van der Waals surface area contributed by atoms with E-state index in [-0.39, 0.29) is 28.6 Å². The van der Waals surface area contributed by atoms with Crippen LogP contribution in [-0.2, 0) is 11.2 Å². The van der Waals surface area contributed by atoms with Gasteiger partial charge in [0.2, 0.25) is 5.91 Å².